The Labute approximate surface area is 176 Å². The number of nitrogens with one attached hydrogen (secondary N) is 1. The fourth-order valence-electron chi connectivity index (χ4n) is 7.19. The van der Waals surface area contributed by atoms with Gasteiger partial charge in [0.2, 0.25) is 5.91 Å². The van der Waals surface area contributed by atoms with Crippen LogP contribution in [0.25, 0.3) is 0 Å². The lowest BCUT2D eigenvalue weighted by Crippen LogP contribution is -2.57. The van der Waals surface area contributed by atoms with Crippen molar-refractivity contribution >= 4 is 5.91 Å². The standard InChI is InChI=1S/C25H37N3O/c1-27-7-9-28(10-8-27)23(14-19-5-3-2-4-6-19)18-26-24(29)25-15-20-11-21(16-25)13-22(12-20)17-25/h2-6,20-23H,7-18H2,1H3,(H,26,29). The molecular weight excluding hydrogens is 358 g/mol. The second-order valence-electron chi connectivity index (χ2n) is 10.6. The highest BCUT2D eigenvalue weighted by Crippen LogP contribution is 2.60. The van der Waals surface area contributed by atoms with Crippen molar-refractivity contribution < 1.29 is 4.79 Å². The van der Waals surface area contributed by atoms with E-state index in [1.807, 2.05) is 0 Å². The number of piperazine rings is 1. The number of benzene rings is 1. The molecule has 1 N–H and O–H groups in total. The quantitative estimate of drug-likeness (QED) is 0.804. The summed E-state index contributed by atoms with van der Waals surface area (Å²) < 4.78 is 0. The molecule has 5 fully saturated rings. The lowest BCUT2D eigenvalue weighted by atomic mass is 9.49. The van der Waals surface area contributed by atoms with Gasteiger partial charge in [0.25, 0.3) is 0 Å². The van der Waals surface area contributed by atoms with Crippen molar-refractivity contribution in [3.05, 3.63) is 35.9 Å². The van der Waals surface area contributed by atoms with Crippen LogP contribution in [0.3, 0.4) is 0 Å². The van der Waals surface area contributed by atoms with Crippen molar-refractivity contribution in [3.8, 4) is 0 Å². The monoisotopic (exact) mass is 395 g/mol. The van der Waals surface area contributed by atoms with Crippen molar-refractivity contribution in [3.63, 3.8) is 0 Å². The summed E-state index contributed by atoms with van der Waals surface area (Å²) >= 11 is 0. The van der Waals surface area contributed by atoms with E-state index in [9.17, 15) is 4.79 Å². The van der Waals surface area contributed by atoms with Crippen LogP contribution in [0.4, 0.5) is 0 Å². The van der Waals surface area contributed by atoms with E-state index in [4.69, 9.17) is 0 Å². The highest BCUT2D eigenvalue weighted by atomic mass is 16.2. The lowest BCUT2D eigenvalue weighted by Gasteiger charge is -2.55. The Morgan fingerprint density at radius 1 is 1.00 bits per heavy atom. The van der Waals surface area contributed by atoms with Crippen LogP contribution in [0, 0.1) is 23.2 Å². The molecule has 1 aliphatic heterocycles. The highest BCUT2D eigenvalue weighted by Gasteiger charge is 2.54. The van der Waals surface area contributed by atoms with E-state index in [1.54, 1.807) is 0 Å². The zero-order valence-corrected chi connectivity index (χ0v) is 18.0. The largest absolute Gasteiger partial charge is 0.354 e. The minimum atomic E-state index is -0.0336. The van der Waals surface area contributed by atoms with E-state index >= 15 is 0 Å². The molecule has 5 aliphatic rings. The van der Waals surface area contributed by atoms with Crippen molar-refractivity contribution in [1.29, 1.82) is 0 Å². The summed E-state index contributed by atoms with van der Waals surface area (Å²) in [6.07, 6.45) is 8.67. The van der Waals surface area contributed by atoms with E-state index in [0.717, 1.165) is 76.2 Å². The topological polar surface area (TPSA) is 35.6 Å². The SMILES string of the molecule is CN1CCN(C(CNC(=O)C23CC4CC(CC(C4)C2)C3)Cc2ccccc2)CC1. The number of hydrogen-bond acceptors (Lipinski definition) is 3. The van der Waals surface area contributed by atoms with E-state index in [2.05, 4.69) is 52.5 Å². The Morgan fingerprint density at radius 3 is 2.17 bits per heavy atom. The molecule has 1 saturated heterocycles. The van der Waals surface area contributed by atoms with Gasteiger partial charge in [0.1, 0.15) is 0 Å². The zero-order valence-electron chi connectivity index (χ0n) is 18.0. The normalized spacial score (nSPS) is 35.6. The van der Waals surface area contributed by atoms with Crippen molar-refractivity contribution in [2.75, 3.05) is 39.8 Å². The molecule has 1 amide bonds. The van der Waals surface area contributed by atoms with Gasteiger partial charge in [-0.2, -0.15) is 0 Å². The summed E-state index contributed by atoms with van der Waals surface area (Å²) in [7, 11) is 2.21. The molecule has 1 unspecified atom stereocenters. The maximum absolute atomic E-state index is 13.5. The minimum Gasteiger partial charge on any atom is -0.354 e. The molecule has 1 atom stereocenters. The summed E-state index contributed by atoms with van der Waals surface area (Å²) in [5.74, 6) is 2.85. The van der Waals surface area contributed by atoms with Crippen molar-refractivity contribution in [2.45, 2.75) is 51.0 Å². The van der Waals surface area contributed by atoms with Gasteiger partial charge in [0.15, 0.2) is 0 Å². The predicted molar refractivity (Wildman–Crippen MR) is 117 cm³/mol. The van der Waals surface area contributed by atoms with Gasteiger partial charge in [-0.15, -0.1) is 0 Å². The number of nitrogens with zero attached hydrogens (tertiary/aromatic N) is 2. The number of rotatable bonds is 6. The average molecular weight is 396 g/mol. The number of carbonyl (C=O) groups excluding carboxylic acids is 1. The Balaban J connectivity index is 1.25. The summed E-state index contributed by atoms with van der Waals surface area (Å²) in [4.78, 5) is 18.5. The van der Waals surface area contributed by atoms with Crippen LogP contribution in [-0.2, 0) is 11.2 Å². The summed E-state index contributed by atoms with van der Waals surface area (Å²) in [6.45, 7) is 5.23. The first-order valence-corrected chi connectivity index (χ1v) is 11.8. The van der Waals surface area contributed by atoms with Gasteiger partial charge in [-0.25, -0.2) is 0 Å². The third-order valence-corrected chi connectivity index (χ3v) is 8.39. The zero-order chi connectivity index (χ0) is 19.8. The minimum absolute atomic E-state index is 0.0336. The summed E-state index contributed by atoms with van der Waals surface area (Å²) in [5, 5.41) is 3.47. The van der Waals surface area contributed by atoms with Gasteiger partial charge in [-0.3, -0.25) is 9.69 Å². The second-order valence-corrected chi connectivity index (χ2v) is 10.6. The van der Waals surface area contributed by atoms with E-state index in [-0.39, 0.29) is 5.41 Å². The molecule has 4 saturated carbocycles. The summed E-state index contributed by atoms with van der Waals surface area (Å²) in [5.41, 5.74) is 1.34. The fraction of sp³-hybridized carbons (Fsp3) is 0.720. The van der Waals surface area contributed by atoms with Crippen molar-refractivity contribution in [2.24, 2.45) is 23.2 Å². The molecule has 158 valence electrons. The van der Waals surface area contributed by atoms with E-state index in [0.29, 0.717) is 11.9 Å². The Hall–Kier alpha value is -1.39. The average Bonchev–Trinajstić information content (AvgIpc) is 2.71. The molecule has 1 aromatic carbocycles. The van der Waals surface area contributed by atoms with Crippen LogP contribution in [0.15, 0.2) is 30.3 Å². The molecule has 4 bridgehead atoms. The molecule has 6 rings (SSSR count). The molecular formula is C25H37N3O. The molecule has 4 heteroatoms. The molecule has 4 nitrogen and oxygen atoms in total. The fourth-order valence-corrected chi connectivity index (χ4v) is 7.19. The molecule has 0 radical (unpaired) electrons. The van der Waals surface area contributed by atoms with Crippen molar-refractivity contribution in [1.82, 2.24) is 15.1 Å². The molecule has 0 spiro atoms. The Kier molecular flexibility index (Phi) is 5.42. The summed E-state index contributed by atoms with van der Waals surface area (Å²) in [6, 6.07) is 11.2. The first-order valence-electron chi connectivity index (χ1n) is 11.8. The van der Waals surface area contributed by atoms with Gasteiger partial charge in [0, 0.05) is 44.2 Å². The van der Waals surface area contributed by atoms with Gasteiger partial charge >= 0.3 is 0 Å². The Morgan fingerprint density at radius 2 is 1.59 bits per heavy atom. The molecule has 1 heterocycles. The highest BCUT2D eigenvalue weighted by molar-refractivity contribution is 5.83. The number of likely N-dealkylation sites (N-methyl/N-ethyl adjacent to an activating group) is 1. The first kappa shape index (κ1) is 19.6. The first-order chi connectivity index (χ1) is 14.1. The van der Waals surface area contributed by atoms with Gasteiger partial charge in [-0.1, -0.05) is 30.3 Å². The number of carbonyl (C=O) groups is 1. The van der Waals surface area contributed by atoms with Crippen LogP contribution in [-0.4, -0.2) is 61.5 Å². The third-order valence-electron chi connectivity index (χ3n) is 8.39. The van der Waals surface area contributed by atoms with E-state index in [1.165, 1.54) is 24.8 Å². The smallest absolute Gasteiger partial charge is 0.226 e. The third kappa shape index (κ3) is 4.11. The number of hydrogen-bond donors (Lipinski definition) is 1. The van der Waals surface area contributed by atoms with Crippen LogP contribution in [0.1, 0.15) is 44.1 Å². The molecule has 29 heavy (non-hydrogen) atoms. The maximum Gasteiger partial charge on any atom is 0.226 e. The van der Waals surface area contributed by atoms with Gasteiger partial charge in [-0.05, 0) is 75.3 Å². The van der Waals surface area contributed by atoms with E-state index < -0.39 is 0 Å². The van der Waals surface area contributed by atoms with Crippen LogP contribution in [0.5, 0.6) is 0 Å². The van der Waals surface area contributed by atoms with Crippen LogP contribution < -0.4 is 5.32 Å². The lowest BCUT2D eigenvalue weighted by molar-refractivity contribution is -0.146. The second kappa shape index (κ2) is 8.03. The molecule has 4 aliphatic carbocycles. The van der Waals surface area contributed by atoms with Gasteiger partial charge < -0.3 is 10.2 Å². The molecule has 1 aromatic rings. The Bertz CT molecular complexity index is 675. The predicted octanol–water partition coefficient (Wildman–Crippen LogP) is 3.18. The maximum atomic E-state index is 13.5. The number of amides is 1. The molecule has 0 aromatic heterocycles. The van der Waals surface area contributed by atoms with Crippen LogP contribution in [0.2, 0.25) is 0 Å². The van der Waals surface area contributed by atoms with Gasteiger partial charge in [0.05, 0.1) is 0 Å². The van der Waals surface area contributed by atoms with Crippen LogP contribution >= 0.6 is 0 Å².